The molecule has 0 fully saturated rings. The molecule has 126 valence electrons. The molecule has 1 rings (SSSR count). The minimum atomic E-state index is -1.11. The molecule has 1 aromatic carbocycles. The van der Waals surface area contributed by atoms with Crippen LogP contribution in [-0.4, -0.2) is 56.5 Å². The molecule has 0 atom stereocenters. The highest BCUT2D eigenvalue weighted by Crippen LogP contribution is 2.29. The van der Waals surface area contributed by atoms with Crippen molar-refractivity contribution in [2.45, 2.75) is 0 Å². The second-order valence-electron chi connectivity index (χ2n) is 4.65. The zero-order valence-corrected chi connectivity index (χ0v) is 13.1. The standard InChI is InChI=1S/C15H20N2O6/c1-22-9-7-16(8-10-23-2)13-5-3-12(4-6-15(18)19)11-14(13)17(20)21/h3-6,11H,7-10H2,1-2H3,(H,18,19)/b6-4+. The second-order valence-corrected chi connectivity index (χ2v) is 4.65. The van der Waals surface area contributed by atoms with Gasteiger partial charge in [0.1, 0.15) is 5.69 Å². The SMILES string of the molecule is COCCN(CCOC)c1ccc(/C=C/C(=O)O)cc1[N+](=O)[O-]. The molecular formula is C15H20N2O6. The fourth-order valence-corrected chi connectivity index (χ4v) is 1.98. The van der Waals surface area contributed by atoms with Crippen LogP contribution >= 0.6 is 0 Å². The first-order chi connectivity index (χ1) is 11.0. The lowest BCUT2D eigenvalue weighted by molar-refractivity contribution is -0.384. The third-order valence-corrected chi connectivity index (χ3v) is 3.09. The van der Waals surface area contributed by atoms with Gasteiger partial charge in [-0.05, 0) is 17.7 Å². The van der Waals surface area contributed by atoms with E-state index in [2.05, 4.69) is 0 Å². The summed E-state index contributed by atoms with van der Waals surface area (Å²) in [7, 11) is 3.12. The van der Waals surface area contributed by atoms with Crippen LogP contribution in [0.5, 0.6) is 0 Å². The van der Waals surface area contributed by atoms with Crippen LogP contribution in [0.1, 0.15) is 5.56 Å². The van der Waals surface area contributed by atoms with E-state index in [9.17, 15) is 14.9 Å². The Morgan fingerprint density at radius 1 is 1.30 bits per heavy atom. The molecule has 0 saturated carbocycles. The average Bonchev–Trinajstić information content (AvgIpc) is 2.53. The predicted octanol–water partition coefficient (Wildman–Crippen LogP) is 1.79. The Kier molecular flexibility index (Phi) is 7.72. The fourth-order valence-electron chi connectivity index (χ4n) is 1.98. The Morgan fingerprint density at radius 3 is 2.39 bits per heavy atom. The topological polar surface area (TPSA) is 102 Å². The smallest absolute Gasteiger partial charge is 0.328 e. The zero-order valence-electron chi connectivity index (χ0n) is 13.1. The molecule has 0 amide bonds. The molecule has 0 heterocycles. The van der Waals surface area contributed by atoms with E-state index in [1.54, 1.807) is 31.3 Å². The van der Waals surface area contributed by atoms with Crippen molar-refractivity contribution < 1.29 is 24.3 Å². The number of nitro benzene ring substituents is 1. The van der Waals surface area contributed by atoms with E-state index in [0.717, 1.165) is 6.08 Å². The molecule has 0 spiro atoms. The summed E-state index contributed by atoms with van der Waals surface area (Å²) in [4.78, 5) is 23.2. The van der Waals surface area contributed by atoms with E-state index >= 15 is 0 Å². The number of nitro groups is 1. The number of benzene rings is 1. The van der Waals surface area contributed by atoms with Gasteiger partial charge in [-0.25, -0.2) is 4.79 Å². The Morgan fingerprint density at radius 2 is 1.91 bits per heavy atom. The minimum Gasteiger partial charge on any atom is -0.478 e. The zero-order chi connectivity index (χ0) is 17.2. The van der Waals surface area contributed by atoms with Gasteiger partial charge in [0.15, 0.2) is 0 Å². The maximum absolute atomic E-state index is 11.3. The number of hydrogen-bond acceptors (Lipinski definition) is 6. The highest BCUT2D eigenvalue weighted by atomic mass is 16.6. The van der Waals surface area contributed by atoms with Gasteiger partial charge in [0.05, 0.1) is 18.1 Å². The normalized spacial score (nSPS) is 10.9. The van der Waals surface area contributed by atoms with Gasteiger partial charge in [-0.15, -0.1) is 0 Å². The number of carboxylic acids is 1. The van der Waals surface area contributed by atoms with E-state index in [1.807, 2.05) is 0 Å². The Hall–Kier alpha value is -2.45. The Labute approximate surface area is 134 Å². The lowest BCUT2D eigenvalue weighted by Crippen LogP contribution is -2.31. The monoisotopic (exact) mass is 324 g/mol. The molecule has 23 heavy (non-hydrogen) atoms. The minimum absolute atomic E-state index is 0.0928. The van der Waals surface area contributed by atoms with Crippen molar-refractivity contribution in [3.63, 3.8) is 0 Å². The van der Waals surface area contributed by atoms with Gasteiger partial charge in [-0.2, -0.15) is 0 Å². The van der Waals surface area contributed by atoms with Crippen LogP contribution in [0.3, 0.4) is 0 Å². The van der Waals surface area contributed by atoms with Crippen LogP contribution in [0, 0.1) is 10.1 Å². The van der Waals surface area contributed by atoms with E-state index in [4.69, 9.17) is 14.6 Å². The van der Waals surface area contributed by atoms with Crippen LogP contribution in [0.2, 0.25) is 0 Å². The number of anilines is 1. The van der Waals surface area contributed by atoms with Crippen LogP contribution in [-0.2, 0) is 14.3 Å². The predicted molar refractivity (Wildman–Crippen MR) is 85.7 cm³/mol. The molecule has 0 unspecified atom stereocenters. The molecule has 1 aromatic rings. The second kappa shape index (κ2) is 9.54. The van der Waals surface area contributed by atoms with Crippen LogP contribution in [0.25, 0.3) is 6.08 Å². The van der Waals surface area contributed by atoms with E-state index in [1.165, 1.54) is 12.1 Å². The molecule has 0 aliphatic heterocycles. The number of aliphatic carboxylic acids is 1. The van der Waals surface area contributed by atoms with Crippen molar-refractivity contribution in [3.05, 3.63) is 40.0 Å². The summed E-state index contributed by atoms with van der Waals surface area (Å²) in [6.45, 7) is 1.79. The van der Waals surface area contributed by atoms with Gasteiger partial charge < -0.3 is 19.5 Å². The van der Waals surface area contributed by atoms with Crippen molar-refractivity contribution in [3.8, 4) is 0 Å². The van der Waals surface area contributed by atoms with Gasteiger partial charge in [0, 0.05) is 39.5 Å². The van der Waals surface area contributed by atoms with Gasteiger partial charge >= 0.3 is 5.97 Å². The van der Waals surface area contributed by atoms with Crippen LogP contribution in [0.4, 0.5) is 11.4 Å². The van der Waals surface area contributed by atoms with Crippen molar-refractivity contribution in [1.82, 2.24) is 0 Å². The third-order valence-electron chi connectivity index (χ3n) is 3.09. The first-order valence-corrected chi connectivity index (χ1v) is 6.92. The number of carboxylic acid groups (broad SMARTS) is 1. The molecule has 1 N–H and O–H groups in total. The Balaban J connectivity index is 3.14. The molecule has 0 aromatic heterocycles. The molecule has 0 radical (unpaired) electrons. The summed E-state index contributed by atoms with van der Waals surface area (Å²) in [6.07, 6.45) is 2.25. The summed E-state index contributed by atoms with van der Waals surface area (Å²) < 4.78 is 10.1. The molecule has 0 bridgehead atoms. The first kappa shape index (κ1) is 18.6. The van der Waals surface area contributed by atoms with Crippen LogP contribution in [0.15, 0.2) is 24.3 Å². The lowest BCUT2D eigenvalue weighted by atomic mass is 10.1. The maximum Gasteiger partial charge on any atom is 0.328 e. The van der Waals surface area contributed by atoms with Gasteiger partial charge in [0.2, 0.25) is 0 Å². The van der Waals surface area contributed by atoms with Crippen molar-refractivity contribution >= 4 is 23.4 Å². The number of rotatable bonds is 10. The van der Waals surface area contributed by atoms with E-state index in [0.29, 0.717) is 37.6 Å². The van der Waals surface area contributed by atoms with Crippen molar-refractivity contribution in [2.24, 2.45) is 0 Å². The quantitative estimate of drug-likeness (QED) is 0.397. The van der Waals surface area contributed by atoms with Gasteiger partial charge in [-0.3, -0.25) is 10.1 Å². The lowest BCUT2D eigenvalue weighted by Gasteiger charge is -2.24. The van der Waals surface area contributed by atoms with Crippen LogP contribution < -0.4 is 4.90 Å². The highest BCUT2D eigenvalue weighted by molar-refractivity contribution is 5.85. The number of nitrogens with zero attached hydrogens (tertiary/aromatic N) is 2. The number of ether oxygens (including phenoxy) is 2. The van der Waals surface area contributed by atoms with Crippen molar-refractivity contribution in [1.29, 1.82) is 0 Å². The largest absolute Gasteiger partial charge is 0.478 e. The molecule has 0 aliphatic rings. The van der Waals surface area contributed by atoms with Crippen molar-refractivity contribution in [2.75, 3.05) is 45.4 Å². The number of hydrogen-bond donors (Lipinski definition) is 1. The molecule has 8 heteroatoms. The first-order valence-electron chi connectivity index (χ1n) is 6.92. The summed E-state index contributed by atoms with van der Waals surface area (Å²) in [5.74, 6) is -1.11. The summed E-state index contributed by atoms with van der Waals surface area (Å²) >= 11 is 0. The van der Waals surface area contributed by atoms with Gasteiger partial charge in [0.25, 0.3) is 5.69 Å². The molecular weight excluding hydrogens is 304 g/mol. The van der Waals surface area contributed by atoms with Gasteiger partial charge in [-0.1, -0.05) is 6.07 Å². The number of carbonyl (C=O) groups is 1. The average molecular weight is 324 g/mol. The third kappa shape index (κ3) is 6.05. The Bertz CT molecular complexity index is 565. The summed E-state index contributed by atoms with van der Waals surface area (Å²) in [6, 6.07) is 4.58. The molecule has 0 saturated heterocycles. The fraction of sp³-hybridized carbons (Fsp3) is 0.400. The highest BCUT2D eigenvalue weighted by Gasteiger charge is 2.19. The van der Waals surface area contributed by atoms with E-state index < -0.39 is 10.9 Å². The maximum atomic E-state index is 11.3. The molecule has 0 aliphatic carbocycles. The number of methoxy groups -OCH3 is 2. The molecule has 8 nitrogen and oxygen atoms in total. The summed E-state index contributed by atoms with van der Waals surface area (Å²) in [5, 5.41) is 20.0. The van der Waals surface area contributed by atoms with E-state index in [-0.39, 0.29) is 5.69 Å². The summed E-state index contributed by atoms with van der Waals surface area (Å²) in [5.41, 5.74) is 0.794.